The van der Waals surface area contributed by atoms with Crippen LogP contribution in [0.15, 0.2) is 0 Å². The van der Waals surface area contributed by atoms with Crippen LogP contribution in [0, 0.1) is 5.92 Å². The van der Waals surface area contributed by atoms with E-state index in [-0.39, 0.29) is 17.7 Å². The molecule has 0 unspecified atom stereocenters. The number of alkyl halides is 1. The number of hydrogen-bond donors (Lipinski definition) is 0. The summed E-state index contributed by atoms with van der Waals surface area (Å²) in [5.74, 6) is 0.914. The van der Waals surface area contributed by atoms with Crippen LogP contribution >= 0.6 is 11.6 Å². The number of hydrogen-bond acceptors (Lipinski definition) is 2. The van der Waals surface area contributed by atoms with Crippen molar-refractivity contribution in [1.82, 2.24) is 4.31 Å². The number of sulfonamides is 1. The maximum absolute atomic E-state index is 11.9. The van der Waals surface area contributed by atoms with Gasteiger partial charge in [0, 0.05) is 18.5 Å². The molecule has 2 fully saturated rings. The van der Waals surface area contributed by atoms with Crippen LogP contribution in [0.1, 0.15) is 32.1 Å². The van der Waals surface area contributed by atoms with E-state index in [2.05, 4.69) is 0 Å². The minimum Gasteiger partial charge on any atom is -0.212 e. The Morgan fingerprint density at radius 3 is 2.67 bits per heavy atom. The van der Waals surface area contributed by atoms with E-state index in [4.69, 9.17) is 11.6 Å². The highest BCUT2D eigenvalue weighted by molar-refractivity contribution is 7.89. The monoisotopic (exact) mass is 251 g/mol. The second-order valence-corrected chi connectivity index (χ2v) is 6.94. The van der Waals surface area contributed by atoms with Gasteiger partial charge < -0.3 is 0 Å². The summed E-state index contributed by atoms with van der Waals surface area (Å²) in [6.45, 7) is 0.717. The highest BCUT2D eigenvalue weighted by Gasteiger charge is 2.41. The molecule has 3 nitrogen and oxygen atoms in total. The lowest BCUT2D eigenvalue weighted by atomic mass is 9.86. The van der Waals surface area contributed by atoms with Gasteiger partial charge in [-0.25, -0.2) is 8.42 Å². The summed E-state index contributed by atoms with van der Waals surface area (Å²) in [5.41, 5.74) is 0. The van der Waals surface area contributed by atoms with Crippen molar-refractivity contribution in [3.8, 4) is 0 Å². The maximum Gasteiger partial charge on any atom is 0.215 e. The molecule has 15 heavy (non-hydrogen) atoms. The van der Waals surface area contributed by atoms with Crippen LogP contribution < -0.4 is 0 Å². The average molecular weight is 252 g/mol. The van der Waals surface area contributed by atoms with Gasteiger partial charge in [-0.15, -0.1) is 11.6 Å². The molecule has 5 heteroatoms. The first-order chi connectivity index (χ1) is 7.15. The molecule has 0 spiro atoms. The van der Waals surface area contributed by atoms with E-state index in [0.29, 0.717) is 12.5 Å². The minimum atomic E-state index is -3.08. The molecule has 1 aliphatic carbocycles. The molecule has 0 aromatic rings. The van der Waals surface area contributed by atoms with Crippen LogP contribution in [0.2, 0.25) is 0 Å². The van der Waals surface area contributed by atoms with Gasteiger partial charge >= 0.3 is 0 Å². The zero-order valence-corrected chi connectivity index (χ0v) is 10.4. The Balaban J connectivity index is 2.10. The van der Waals surface area contributed by atoms with E-state index < -0.39 is 10.0 Å². The molecule has 1 heterocycles. The van der Waals surface area contributed by atoms with E-state index in [9.17, 15) is 8.42 Å². The van der Waals surface area contributed by atoms with Crippen molar-refractivity contribution in [1.29, 1.82) is 0 Å². The summed E-state index contributed by atoms with van der Waals surface area (Å²) in [6, 6.07) is 0.284. The van der Waals surface area contributed by atoms with Crippen LogP contribution in [0.4, 0.5) is 0 Å². The molecule has 0 radical (unpaired) electrons. The standard InChI is InChI=1S/C10H18ClNO2S/c11-6-8-15(13,14)12-7-5-9-3-1-2-4-10(9)12/h9-10H,1-8H2/t9-,10-/m0/s1. The smallest absolute Gasteiger partial charge is 0.212 e. The predicted octanol–water partition coefficient (Wildman–Crippen LogP) is 1.82. The Morgan fingerprint density at radius 1 is 1.20 bits per heavy atom. The molecule has 0 N–H and O–H groups in total. The van der Waals surface area contributed by atoms with Crippen molar-refractivity contribution >= 4 is 21.6 Å². The number of rotatable bonds is 3. The summed E-state index contributed by atoms with van der Waals surface area (Å²) in [7, 11) is -3.08. The maximum atomic E-state index is 11.9. The normalized spacial score (nSPS) is 32.9. The van der Waals surface area contributed by atoms with Gasteiger partial charge in [0.15, 0.2) is 0 Å². The summed E-state index contributed by atoms with van der Waals surface area (Å²) in [4.78, 5) is 0. The average Bonchev–Trinajstić information content (AvgIpc) is 2.61. The molecule has 2 aliphatic rings. The van der Waals surface area contributed by atoms with Crippen molar-refractivity contribution in [3.05, 3.63) is 0 Å². The lowest BCUT2D eigenvalue weighted by Crippen LogP contribution is -2.40. The Bertz CT molecular complexity index is 317. The van der Waals surface area contributed by atoms with Crippen molar-refractivity contribution in [2.45, 2.75) is 38.1 Å². The third-order valence-corrected chi connectivity index (χ3v) is 5.95. The van der Waals surface area contributed by atoms with Crippen molar-refractivity contribution < 1.29 is 8.42 Å². The summed E-state index contributed by atoms with van der Waals surface area (Å²) >= 11 is 5.53. The first kappa shape index (κ1) is 11.7. The predicted molar refractivity (Wildman–Crippen MR) is 61.6 cm³/mol. The van der Waals surface area contributed by atoms with Gasteiger partial charge in [0.05, 0.1) is 5.75 Å². The fourth-order valence-corrected chi connectivity index (χ4v) is 5.01. The first-order valence-electron chi connectivity index (χ1n) is 5.70. The van der Waals surface area contributed by atoms with Crippen molar-refractivity contribution in [2.24, 2.45) is 5.92 Å². The van der Waals surface area contributed by atoms with Crippen LogP contribution in [0.5, 0.6) is 0 Å². The van der Waals surface area contributed by atoms with Crippen molar-refractivity contribution in [3.63, 3.8) is 0 Å². The molecule has 88 valence electrons. The quantitative estimate of drug-likeness (QED) is 0.718. The Labute approximate surface area is 96.8 Å². The lowest BCUT2D eigenvalue weighted by Gasteiger charge is -2.30. The molecular formula is C10H18ClNO2S. The number of fused-ring (bicyclic) bond motifs is 1. The van der Waals surface area contributed by atoms with Gasteiger partial charge in [-0.3, -0.25) is 0 Å². The van der Waals surface area contributed by atoms with Gasteiger partial charge in [0.25, 0.3) is 0 Å². The van der Waals surface area contributed by atoms with Crippen LogP contribution in [0.3, 0.4) is 0 Å². The molecule has 0 amide bonds. The van der Waals surface area contributed by atoms with E-state index >= 15 is 0 Å². The van der Waals surface area contributed by atoms with Gasteiger partial charge in [-0.2, -0.15) is 4.31 Å². The molecule has 2 atom stereocenters. The number of halogens is 1. The molecule has 0 bridgehead atoms. The van der Waals surface area contributed by atoms with E-state index in [1.165, 1.54) is 19.3 Å². The second kappa shape index (κ2) is 4.60. The molecule has 0 aromatic heterocycles. The summed E-state index contributed by atoms with van der Waals surface area (Å²) in [5, 5.41) is 0. The Hall–Kier alpha value is 0.200. The molecule has 0 aromatic carbocycles. The molecular weight excluding hydrogens is 234 g/mol. The third kappa shape index (κ3) is 2.32. The number of nitrogens with zero attached hydrogens (tertiary/aromatic N) is 1. The fraction of sp³-hybridized carbons (Fsp3) is 1.00. The van der Waals surface area contributed by atoms with E-state index in [0.717, 1.165) is 12.8 Å². The van der Waals surface area contributed by atoms with Gasteiger partial charge in [0.1, 0.15) is 0 Å². The molecule has 1 saturated heterocycles. The van der Waals surface area contributed by atoms with Gasteiger partial charge in [-0.05, 0) is 25.2 Å². The topological polar surface area (TPSA) is 37.4 Å². The zero-order chi connectivity index (χ0) is 10.9. The van der Waals surface area contributed by atoms with Crippen LogP contribution in [-0.4, -0.2) is 36.9 Å². The van der Waals surface area contributed by atoms with E-state index in [1.807, 2.05) is 0 Å². The van der Waals surface area contributed by atoms with Crippen LogP contribution in [0.25, 0.3) is 0 Å². The summed E-state index contributed by atoms with van der Waals surface area (Å²) < 4.78 is 25.6. The highest BCUT2D eigenvalue weighted by atomic mass is 35.5. The minimum absolute atomic E-state index is 0.0950. The molecule has 2 rings (SSSR count). The largest absolute Gasteiger partial charge is 0.215 e. The van der Waals surface area contributed by atoms with Crippen molar-refractivity contribution in [2.75, 3.05) is 18.2 Å². The lowest BCUT2D eigenvalue weighted by molar-refractivity contribution is 0.260. The second-order valence-electron chi connectivity index (χ2n) is 4.52. The molecule has 1 saturated carbocycles. The Kier molecular flexibility index (Phi) is 3.58. The SMILES string of the molecule is O=S(=O)(CCCl)N1CC[C@@H]2CCCC[C@@H]21. The van der Waals surface area contributed by atoms with E-state index in [1.54, 1.807) is 4.31 Å². The van der Waals surface area contributed by atoms with Gasteiger partial charge in [0.2, 0.25) is 10.0 Å². The van der Waals surface area contributed by atoms with Crippen LogP contribution in [-0.2, 0) is 10.0 Å². The summed E-state index contributed by atoms with van der Waals surface area (Å²) in [6.07, 6.45) is 5.74. The third-order valence-electron chi connectivity index (χ3n) is 3.65. The fourth-order valence-electron chi connectivity index (χ4n) is 2.92. The van der Waals surface area contributed by atoms with Gasteiger partial charge in [-0.1, -0.05) is 12.8 Å². The first-order valence-corrected chi connectivity index (χ1v) is 7.85. The Morgan fingerprint density at radius 2 is 1.93 bits per heavy atom. The molecule has 1 aliphatic heterocycles. The highest BCUT2D eigenvalue weighted by Crippen LogP contribution is 2.37. The zero-order valence-electron chi connectivity index (χ0n) is 8.86.